The molecule has 1 unspecified atom stereocenters. The Labute approximate surface area is 114 Å². The van der Waals surface area contributed by atoms with Crippen molar-refractivity contribution < 1.29 is 0 Å². The molecule has 98 valence electrons. The second-order valence-corrected chi connectivity index (χ2v) is 5.81. The highest BCUT2D eigenvalue weighted by Gasteiger charge is 2.29. The molecule has 2 fully saturated rings. The number of piperidine rings is 1. The van der Waals surface area contributed by atoms with E-state index in [2.05, 4.69) is 9.80 Å². The maximum atomic E-state index is 5.96. The highest BCUT2D eigenvalue weighted by Crippen LogP contribution is 2.21. The van der Waals surface area contributed by atoms with E-state index >= 15 is 0 Å². The van der Waals surface area contributed by atoms with E-state index in [0.717, 1.165) is 50.6 Å². The number of rotatable bonds is 3. The Morgan fingerprint density at radius 3 is 2.59 bits per heavy atom. The molecule has 0 aromatic heterocycles. The normalized spacial score (nSPS) is 30.1. The number of nitrogens with two attached hydrogens (primary N) is 1. The summed E-state index contributed by atoms with van der Waals surface area (Å²) in [6, 6.07) is 1.10. The molecule has 0 bridgehead atoms. The van der Waals surface area contributed by atoms with Crippen molar-refractivity contribution >= 4 is 23.2 Å². The fraction of sp³-hybridized carbons (Fsp3) is 0.833. The summed E-state index contributed by atoms with van der Waals surface area (Å²) >= 11 is 11.5. The van der Waals surface area contributed by atoms with E-state index in [1.54, 1.807) is 0 Å². The molecule has 0 aromatic rings. The minimum absolute atomic E-state index is 0.414. The Hall–Kier alpha value is 0.200. The molecule has 17 heavy (non-hydrogen) atoms. The highest BCUT2D eigenvalue weighted by molar-refractivity contribution is 6.36. The van der Waals surface area contributed by atoms with Gasteiger partial charge in [0.25, 0.3) is 0 Å². The van der Waals surface area contributed by atoms with Gasteiger partial charge in [-0.3, -0.25) is 9.80 Å². The SMILES string of the molecule is NC1CCN(C2CCN(CC(Cl)=CCl)C2)CC1. The van der Waals surface area contributed by atoms with E-state index in [-0.39, 0.29) is 0 Å². The lowest BCUT2D eigenvalue weighted by molar-refractivity contribution is 0.154. The molecule has 0 aromatic carbocycles. The summed E-state index contributed by atoms with van der Waals surface area (Å²) in [7, 11) is 0. The van der Waals surface area contributed by atoms with Crippen LogP contribution in [-0.4, -0.2) is 54.6 Å². The summed E-state index contributed by atoms with van der Waals surface area (Å²) in [5, 5.41) is 0.730. The third-order valence-electron chi connectivity index (χ3n) is 3.83. The van der Waals surface area contributed by atoms with Crippen LogP contribution in [0.15, 0.2) is 10.6 Å². The van der Waals surface area contributed by atoms with Gasteiger partial charge in [-0.15, -0.1) is 0 Å². The Morgan fingerprint density at radius 2 is 1.94 bits per heavy atom. The quantitative estimate of drug-likeness (QED) is 0.854. The molecule has 0 aliphatic carbocycles. The number of halogens is 2. The Bertz CT molecular complexity index is 275. The van der Waals surface area contributed by atoms with Gasteiger partial charge in [0.05, 0.1) is 0 Å². The number of hydrogen-bond donors (Lipinski definition) is 1. The van der Waals surface area contributed by atoms with Gasteiger partial charge in [-0.05, 0) is 32.4 Å². The maximum absolute atomic E-state index is 5.96. The molecule has 0 saturated carbocycles. The first-order valence-electron chi connectivity index (χ1n) is 6.36. The van der Waals surface area contributed by atoms with E-state index in [9.17, 15) is 0 Å². The molecule has 0 amide bonds. The lowest BCUT2D eigenvalue weighted by Gasteiger charge is -2.34. The molecule has 2 N–H and O–H groups in total. The van der Waals surface area contributed by atoms with Gasteiger partial charge in [0.15, 0.2) is 0 Å². The van der Waals surface area contributed by atoms with Gasteiger partial charge >= 0.3 is 0 Å². The van der Waals surface area contributed by atoms with Crippen molar-refractivity contribution in [2.45, 2.75) is 31.3 Å². The molecule has 5 heteroatoms. The van der Waals surface area contributed by atoms with Crippen molar-refractivity contribution in [3.05, 3.63) is 10.6 Å². The highest BCUT2D eigenvalue weighted by atomic mass is 35.5. The third-order valence-corrected chi connectivity index (χ3v) is 4.43. The van der Waals surface area contributed by atoms with E-state index in [4.69, 9.17) is 28.9 Å². The van der Waals surface area contributed by atoms with Gasteiger partial charge in [-0.1, -0.05) is 23.2 Å². The van der Waals surface area contributed by atoms with Crippen molar-refractivity contribution in [1.29, 1.82) is 0 Å². The minimum atomic E-state index is 0.414. The molecule has 2 heterocycles. The Kier molecular flexibility index (Phi) is 5.12. The molecular formula is C12H21Cl2N3. The van der Waals surface area contributed by atoms with E-state index < -0.39 is 0 Å². The van der Waals surface area contributed by atoms with Crippen LogP contribution in [0.5, 0.6) is 0 Å². The Balaban J connectivity index is 1.77. The van der Waals surface area contributed by atoms with Crippen molar-refractivity contribution in [3.8, 4) is 0 Å². The zero-order valence-electron chi connectivity index (χ0n) is 10.1. The number of likely N-dealkylation sites (tertiary alicyclic amines) is 2. The molecule has 1 atom stereocenters. The maximum Gasteiger partial charge on any atom is 0.0434 e. The van der Waals surface area contributed by atoms with Crippen molar-refractivity contribution in [3.63, 3.8) is 0 Å². The average molecular weight is 278 g/mol. The number of nitrogens with zero attached hydrogens (tertiary/aromatic N) is 2. The molecule has 0 radical (unpaired) electrons. The van der Waals surface area contributed by atoms with Gasteiger partial charge in [-0.25, -0.2) is 0 Å². The standard InChI is InChI=1S/C12H21Cl2N3/c13-7-10(14)8-16-4-3-12(9-16)17-5-1-11(15)2-6-17/h7,11-12H,1-6,8-9,15H2. The third kappa shape index (κ3) is 3.83. The first-order chi connectivity index (χ1) is 8.19. The molecule has 0 spiro atoms. The van der Waals surface area contributed by atoms with Crippen molar-refractivity contribution in [2.75, 3.05) is 32.7 Å². The van der Waals surface area contributed by atoms with Crippen LogP contribution in [0.1, 0.15) is 19.3 Å². The lowest BCUT2D eigenvalue weighted by atomic mass is 10.0. The molecule has 2 aliphatic rings. The fourth-order valence-electron chi connectivity index (χ4n) is 2.79. The summed E-state index contributed by atoms with van der Waals surface area (Å²) in [6.45, 7) is 5.32. The molecule has 2 aliphatic heterocycles. The zero-order valence-corrected chi connectivity index (χ0v) is 11.6. The minimum Gasteiger partial charge on any atom is -0.328 e. The van der Waals surface area contributed by atoms with E-state index in [0.29, 0.717) is 12.1 Å². The van der Waals surface area contributed by atoms with E-state index in [1.807, 2.05) is 0 Å². The first-order valence-corrected chi connectivity index (χ1v) is 7.17. The largest absolute Gasteiger partial charge is 0.328 e. The predicted molar refractivity (Wildman–Crippen MR) is 73.4 cm³/mol. The predicted octanol–water partition coefficient (Wildman–Crippen LogP) is 1.80. The van der Waals surface area contributed by atoms with Crippen molar-refractivity contribution in [1.82, 2.24) is 9.80 Å². The van der Waals surface area contributed by atoms with Gasteiger partial charge < -0.3 is 5.73 Å². The van der Waals surface area contributed by atoms with Gasteiger partial charge in [0.2, 0.25) is 0 Å². The van der Waals surface area contributed by atoms with Crippen LogP contribution in [-0.2, 0) is 0 Å². The van der Waals surface area contributed by atoms with E-state index in [1.165, 1.54) is 12.0 Å². The topological polar surface area (TPSA) is 32.5 Å². The molecule has 2 rings (SSSR count). The zero-order chi connectivity index (χ0) is 12.3. The van der Waals surface area contributed by atoms with Crippen LogP contribution in [0.25, 0.3) is 0 Å². The summed E-state index contributed by atoms with van der Waals surface area (Å²) in [5.74, 6) is 0. The van der Waals surface area contributed by atoms with Crippen LogP contribution in [0.3, 0.4) is 0 Å². The average Bonchev–Trinajstić information content (AvgIpc) is 2.78. The summed E-state index contributed by atoms with van der Waals surface area (Å²) in [6.07, 6.45) is 3.51. The van der Waals surface area contributed by atoms with Gasteiger partial charge in [0, 0.05) is 42.3 Å². The molecule has 2 saturated heterocycles. The smallest absolute Gasteiger partial charge is 0.0434 e. The van der Waals surface area contributed by atoms with Crippen LogP contribution in [0.4, 0.5) is 0 Å². The van der Waals surface area contributed by atoms with Crippen molar-refractivity contribution in [2.24, 2.45) is 5.73 Å². The van der Waals surface area contributed by atoms with Gasteiger partial charge in [0.1, 0.15) is 0 Å². The van der Waals surface area contributed by atoms with Crippen LogP contribution in [0.2, 0.25) is 0 Å². The van der Waals surface area contributed by atoms with Crippen LogP contribution < -0.4 is 5.73 Å². The summed E-state index contributed by atoms with van der Waals surface area (Å²) in [4.78, 5) is 4.96. The lowest BCUT2D eigenvalue weighted by Crippen LogP contribution is -2.46. The summed E-state index contributed by atoms with van der Waals surface area (Å²) < 4.78 is 0. The fourth-order valence-corrected chi connectivity index (χ4v) is 3.02. The second kappa shape index (κ2) is 6.39. The second-order valence-electron chi connectivity index (χ2n) is 5.11. The summed E-state index contributed by atoms with van der Waals surface area (Å²) in [5.41, 5.74) is 7.40. The van der Waals surface area contributed by atoms with Gasteiger partial charge in [-0.2, -0.15) is 0 Å². The van der Waals surface area contributed by atoms with Crippen LogP contribution >= 0.6 is 23.2 Å². The molecular weight excluding hydrogens is 257 g/mol. The Morgan fingerprint density at radius 1 is 1.24 bits per heavy atom. The number of hydrogen-bond acceptors (Lipinski definition) is 3. The molecule has 3 nitrogen and oxygen atoms in total. The first kappa shape index (κ1) is 13.6. The van der Waals surface area contributed by atoms with Crippen LogP contribution in [0, 0.1) is 0 Å². The monoisotopic (exact) mass is 277 g/mol.